The van der Waals surface area contributed by atoms with Gasteiger partial charge in [0.25, 0.3) is 0 Å². The first-order valence-electron chi connectivity index (χ1n) is 9.37. The highest BCUT2D eigenvalue weighted by molar-refractivity contribution is 5.79. The van der Waals surface area contributed by atoms with Crippen molar-refractivity contribution in [1.29, 1.82) is 0 Å². The number of aliphatic imine (C=N–C) groups is 1. The third-order valence-corrected chi connectivity index (χ3v) is 4.18. The molecule has 2 aromatic rings. The molecule has 1 atom stereocenters. The van der Waals surface area contributed by atoms with Crippen molar-refractivity contribution in [2.24, 2.45) is 4.99 Å². The molecule has 1 saturated heterocycles. The molecule has 3 heterocycles. The van der Waals surface area contributed by atoms with Crippen LogP contribution in [0.25, 0.3) is 5.65 Å². The van der Waals surface area contributed by atoms with Crippen LogP contribution in [-0.4, -0.2) is 66.1 Å². The quantitative estimate of drug-likeness (QED) is 0.395. The maximum absolute atomic E-state index is 5.76. The highest BCUT2D eigenvalue weighted by Crippen LogP contribution is 2.08. The Bertz CT molecular complexity index is 696. The zero-order valence-electron chi connectivity index (χ0n) is 15.4. The van der Waals surface area contributed by atoms with Gasteiger partial charge in [0.15, 0.2) is 11.6 Å². The predicted molar refractivity (Wildman–Crippen MR) is 100 cm³/mol. The molecule has 1 fully saturated rings. The Kier molecular flexibility index (Phi) is 7.21. The average Bonchev–Trinajstić information content (AvgIpc) is 3.31. The molecule has 0 radical (unpaired) electrons. The normalized spacial score (nSPS) is 17.7. The van der Waals surface area contributed by atoms with Crippen LogP contribution in [-0.2, 0) is 15.9 Å². The van der Waals surface area contributed by atoms with Crippen molar-refractivity contribution in [2.75, 3.05) is 39.5 Å². The van der Waals surface area contributed by atoms with Crippen molar-refractivity contribution >= 4 is 11.6 Å². The molecule has 8 heteroatoms. The van der Waals surface area contributed by atoms with Gasteiger partial charge in [-0.05, 0) is 31.9 Å². The summed E-state index contributed by atoms with van der Waals surface area (Å²) in [7, 11) is 0. The number of guanidine groups is 1. The Hall–Kier alpha value is -2.19. The summed E-state index contributed by atoms with van der Waals surface area (Å²) in [6.07, 6.45) is 4.94. The van der Waals surface area contributed by atoms with E-state index >= 15 is 0 Å². The van der Waals surface area contributed by atoms with Crippen molar-refractivity contribution in [1.82, 2.24) is 25.2 Å². The van der Waals surface area contributed by atoms with Crippen LogP contribution < -0.4 is 10.6 Å². The van der Waals surface area contributed by atoms with Gasteiger partial charge in [-0.2, -0.15) is 0 Å². The lowest BCUT2D eigenvalue weighted by atomic mass is 10.3. The molecule has 2 N–H and O–H groups in total. The minimum atomic E-state index is 0.267. The average molecular weight is 360 g/mol. The van der Waals surface area contributed by atoms with Gasteiger partial charge in [0, 0.05) is 45.5 Å². The maximum atomic E-state index is 5.76. The van der Waals surface area contributed by atoms with Crippen LogP contribution in [0.3, 0.4) is 0 Å². The van der Waals surface area contributed by atoms with Crippen molar-refractivity contribution in [3.63, 3.8) is 0 Å². The monoisotopic (exact) mass is 360 g/mol. The first-order chi connectivity index (χ1) is 12.9. The van der Waals surface area contributed by atoms with Crippen LogP contribution in [0.4, 0.5) is 0 Å². The van der Waals surface area contributed by atoms with E-state index in [1.165, 1.54) is 0 Å². The van der Waals surface area contributed by atoms with E-state index in [1.807, 2.05) is 28.8 Å². The lowest BCUT2D eigenvalue weighted by Gasteiger charge is -2.11. The zero-order valence-corrected chi connectivity index (χ0v) is 15.4. The number of nitrogens with zero attached hydrogens (tertiary/aromatic N) is 4. The van der Waals surface area contributed by atoms with Gasteiger partial charge >= 0.3 is 0 Å². The van der Waals surface area contributed by atoms with E-state index in [9.17, 15) is 0 Å². The van der Waals surface area contributed by atoms with Gasteiger partial charge in [0.2, 0.25) is 0 Å². The van der Waals surface area contributed by atoms with E-state index in [2.05, 4.69) is 32.7 Å². The summed E-state index contributed by atoms with van der Waals surface area (Å²) in [4.78, 5) is 4.60. The largest absolute Gasteiger partial charge is 0.379 e. The smallest absolute Gasteiger partial charge is 0.191 e. The third kappa shape index (κ3) is 5.40. The van der Waals surface area contributed by atoms with Crippen molar-refractivity contribution < 1.29 is 9.47 Å². The predicted octanol–water partition coefficient (Wildman–Crippen LogP) is 1.02. The minimum Gasteiger partial charge on any atom is -0.379 e. The van der Waals surface area contributed by atoms with Crippen molar-refractivity contribution in [3.05, 3.63) is 30.2 Å². The van der Waals surface area contributed by atoms with E-state index < -0.39 is 0 Å². The summed E-state index contributed by atoms with van der Waals surface area (Å²) < 4.78 is 13.1. The second-order valence-electron chi connectivity index (χ2n) is 6.19. The van der Waals surface area contributed by atoms with Crippen molar-refractivity contribution in [2.45, 2.75) is 32.3 Å². The Labute approximate surface area is 154 Å². The number of ether oxygens (including phenoxy) is 2. The van der Waals surface area contributed by atoms with Crippen LogP contribution in [0.2, 0.25) is 0 Å². The van der Waals surface area contributed by atoms with Crippen LogP contribution in [0.15, 0.2) is 29.4 Å². The van der Waals surface area contributed by atoms with Crippen LogP contribution in [0.1, 0.15) is 25.6 Å². The molecule has 142 valence electrons. The molecule has 0 aromatic carbocycles. The summed E-state index contributed by atoms with van der Waals surface area (Å²) in [5.74, 6) is 1.77. The Morgan fingerprint density at radius 3 is 3.19 bits per heavy atom. The number of aromatic nitrogens is 3. The van der Waals surface area contributed by atoms with Gasteiger partial charge in [0.1, 0.15) is 5.82 Å². The topological polar surface area (TPSA) is 85.1 Å². The van der Waals surface area contributed by atoms with Crippen LogP contribution in [0.5, 0.6) is 0 Å². The number of hydrogen-bond donors (Lipinski definition) is 2. The van der Waals surface area contributed by atoms with Gasteiger partial charge in [0.05, 0.1) is 12.7 Å². The van der Waals surface area contributed by atoms with E-state index in [0.29, 0.717) is 0 Å². The second-order valence-corrected chi connectivity index (χ2v) is 6.19. The number of hydrogen-bond acceptors (Lipinski definition) is 5. The summed E-state index contributed by atoms with van der Waals surface area (Å²) in [6, 6.07) is 5.90. The van der Waals surface area contributed by atoms with E-state index in [0.717, 1.165) is 76.1 Å². The molecule has 1 unspecified atom stereocenters. The Morgan fingerprint density at radius 1 is 1.38 bits per heavy atom. The number of rotatable bonds is 9. The third-order valence-electron chi connectivity index (χ3n) is 4.18. The lowest BCUT2D eigenvalue weighted by molar-refractivity contribution is 0.0424. The van der Waals surface area contributed by atoms with Gasteiger partial charge in [-0.3, -0.25) is 9.39 Å². The number of pyridine rings is 1. The van der Waals surface area contributed by atoms with Gasteiger partial charge in [-0.25, -0.2) is 0 Å². The summed E-state index contributed by atoms with van der Waals surface area (Å²) >= 11 is 0. The molecule has 2 aromatic heterocycles. The molecule has 3 rings (SSSR count). The molecular formula is C18H28N6O2. The number of fused-ring (bicyclic) bond motifs is 1. The zero-order chi connectivity index (χ0) is 18.0. The molecule has 1 aliphatic heterocycles. The van der Waals surface area contributed by atoms with Crippen molar-refractivity contribution in [3.8, 4) is 0 Å². The van der Waals surface area contributed by atoms with E-state index in [-0.39, 0.29) is 6.10 Å². The molecular weight excluding hydrogens is 332 g/mol. The van der Waals surface area contributed by atoms with Crippen LogP contribution in [0, 0.1) is 0 Å². The molecule has 0 aliphatic carbocycles. The molecule has 1 aliphatic rings. The highest BCUT2D eigenvalue weighted by Gasteiger charge is 2.15. The maximum Gasteiger partial charge on any atom is 0.191 e. The van der Waals surface area contributed by atoms with E-state index in [1.54, 1.807) is 0 Å². The summed E-state index contributed by atoms with van der Waals surface area (Å²) in [5, 5.41) is 15.0. The first-order valence-corrected chi connectivity index (χ1v) is 9.37. The minimum absolute atomic E-state index is 0.267. The molecule has 8 nitrogen and oxygen atoms in total. The first kappa shape index (κ1) is 18.6. The van der Waals surface area contributed by atoms with E-state index in [4.69, 9.17) is 9.47 Å². The number of nitrogens with one attached hydrogen (secondary N) is 2. The van der Waals surface area contributed by atoms with Gasteiger partial charge in [-0.15, -0.1) is 10.2 Å². The Morgan fingerprint density at radius 2 is 2.35 bits per heavy atom. The van der Waals surface area contributed by atoms with Crippen LogP contribution >= 0.6 is 0 Å². The standard InChI is InChI=1S/C18H28N6O2/c1-2-19-18(20-9-5-12-26-15-8-13-25-14-15)21-10-7-17-23-22-16-6-3-4-11-24(16)17/h3-4,6,11,15H,2,5,7-10,12-14H2,1H3,(H2,19,20,21). The van der Waals surface area contributed by atoms with Gasteiger partial charge < -0.3 is 20.1 Å². The Balaban J connectivity index is 1.39. The highest BCUT2D eigenvalue weighted by atomic mass is 16.5. The second kappa shape index (κ2) is 10.1. The summed E-state index contributed by atoms with van der Waals surface area (Å²) in [6.45, 7) is 6.64. The fraction of sp³-hybridized carbons (Fsp3) is 0.611. The SMILES string of the molecule is CCNC(=NCCCOC1CCOC1)NCCc1nnc2ccccn12. The molecule has 0 amide bonds. The molecule has 26 heavy (non-hydrogen) atoms. The lowest BCUT2D eigenvalue weighted by Crippen LogP contribution is -2.38. The molecule has 0 bridgehead atoms. The fourth-order valence-corrected chi connectivity index (χ4v) is 2.85. The fourth-order valence-electron chi connectivity index (χ4n) is 2.85. The molecule has 0 saturated carbocycles. The molecule has 0 spiro atoms. The summed E-state index contributed by atoms with van der Waals surface area (Å²) in [5.41, 5.74) is 0.871. The van der Waals surface area contributed by atoms with Gasteiger partial charge in [-0.1, -0.05) is 6.07 Å².